The summed E-state index contributed by atoms with van der Waals surface area (Å²) >= 11 is 0. The number of carbonyl (C=O) groups is 1. The molecule has 2 aliphatic carbocycles. The minimum Gasteiger partial charge on any atom is -0.508 e. The molecule has 1 saturated heterocycles. The van der Waals surface area contributed by atoms with Crippen LogP contribution in [0.2, 0.25) is 0 Å². The fourth-order valence-electron chi connectivity index (χ4n) is 6.33. The minimum absolute atomic E-state index is 0. The Balaban J connectivity index is 0.00000259. The SMILES string of the molecule is CCN(CC)C(=O)c1[nH]c2c(c1C)C[C@@H]1CN(CC3CC3)CC[C@@]1(c1cccc(O)c1)C2.Cl. The summed E-state index contributed by atoms with van der Waals surface area (Å²) in [6, 6.07) is 7.93. The number of benzene rings is 1. The molecule has 0 unspecified atom stereocenters. The van der Waals surface area contributed by atoms with Gasteiger partial charge < -0.3 is 19.9 Å². The van der Waals surface area contributed by atoms with Crippen LogP contribution in [0.4, 0.5) is 0 Å². The molecule has 1 aliphatic heterocycles. The van der Waals surface area contributed by atoms with Crippen molar-refractivity contribution in [2.45, 2.75) is 58.3 Å². The molecule has 5 nitrogen and oxygen atoms in total. The number of piperidine rings is 1. The number of aromatic nitrogens is 1. The van der Waals surface area contributed by atoms with Crippen LogP contribution in [0.1, 0.15) is 66.0 Å². The van der Waals surface area contributed by atoms with Crippen LogP contribution in [0.25, 0.3) is 0 Å². The number of aromatic hydroxyl groups is 1. The third-order valence-electron chi connectivity index (χ3n) is 8.44. The van der Waals surface area contributed by atoms with E-state index < -0.39 is 0 Å². The molecule has 2 N–H and O–H groups in total. The summed E-state index contributed by atoms with van der Waals surface area (Å²) in [6.07, 6.45) is 5.79. The van der Waals surface area contributed by atoms with Crippen molar-refractivity contribution in [3.05, 3.63) is 52.3 Å². The molecule has 6 heteroatoms. The average molecular weight is 472 g/mol. The predicted molar refractivity (Wildman–Crippen MR) is 134 cm³/mol. The van der Waals surface area contributed by atoms with Crippen LogP contribution >= 0.6 is 12.4 Å². The molecular weight excluding hydrogens is 434 g/mol. The monoisotopic (exact) mass is 471 g/mol. The highest BCUT2D eigenvalue weighted by Gasteiger charge is 2.49. The van der Waals surface area contributed by atoms with E-state index in [0.717, 1.165) is 62.6 Å². The van der Waals surface area contributed by atoms with Gasteiger partial charge in [0.1, 0.15) is 11.4 Å². The number of likely N-dealkylation sites (tertiary alicyclic amines) is 1. The number of phenolic OH excluding ortho intramolecular Hbond substituents is 1. The zero-order chi connectivity index (χ0) is 22.5. The van der Waals surface area contributed by atoms with Crippen molar-refractivity contribution in [1.82, 2.24) is 14.8 Å². The van der Waals surface area contributed by atoms with Crippen molar-refractivity contribution in [2.24, 2.45) is 11.8 Å². The molecule has 1 saturated carbocycles. The molecule has 0 spiro atoms. The Labute approximate surface area is 204 Å². The number of carbonyl (C=O) groups excluding carboxylic acids is 1. The highest BCUT2D eigenvalue weighted by molar-refractivity contribution is 5.94. The molecule has 180 valence electrons. The van der Waals surface area contributed by atoms with E-state index in [9.17, 15) is 9.90 Å². The van der Waals surface area contributed by atoms with Crippen LogP contribution in [0.3, 0.4) is 0 Å². The lowest BCUT2D eigenvalue weighted by Crippen LogP contribution is -2.54. The van der Waals surface area contributed by atoms with E-state index in [1.807, 2.05) is 30.9 Å². The predicted octanol–water partition coefficient (Wildman–Crippen LogP) is 4.70. The number of amides is 1. The third kappa shape index (κ3) is 4.30. The Morgan fingerprint density at radius 3 is 2.70 bits per heavy atom. The normalized spacial score (nSPS) is 24.5. The molecule has 1 aromatic heterocycles. The average Bonchev–Trinajstić information content (AvgIpc) is 3.55. The molecule has 1 aromatic carbocycles. The summed E-state index contributed by atoms with van der Waals surface area (Å²) in [4.78, 5) is 21.3. The first kappa shape index (κ1) is 24.2. The van der Waals surface area contributed by atoms with E-state index in [-0.39, 0.29) is 23.7 Å². The summed E-state index contributed by atoms with van der Waals surface area (Å²) in [5.41, 5.74) is 5.77. The Morgan fingerprint density at radius 1 is 1.27 bits per heavy atom. The molecule has 2 atom stereocenters. The second-order valence-corrected chi connectivity index (χ2v) is 10.3. The Kier molecular flexibility index (Phi) is 6.84. The van der Waals surface area contributed by atoms with Crippen LogP contribution in [0, 0.1) is 18.8 Å². The van der Waals surface area contributed by atoms with Crippen molar-refractivity contribution >= 4 is 18.3 Å². The molecule has 2 fully saturated rings. The van der Waals surface area contributed by atoms with Gasteiger partial charge in [-0.3, -0.25) is 4.79 Å². The first-order valence-electron chi connectivity index (χ1n) is 12.5. The van der Waals surface area contributed by atoms with Gasteiger partial charge in [-0.05, 0) is 100 Å². The summed E-state index contributed by atoms with van der Waals surface area (Å²) in [6.45, 7) is 11.1. The molecule has 33 heavy (non-hydrogen) atoms. The zero-order valence-corrected chi connectivity index (χ0v) is 21.0. The third-order valence-corrected chi connectivity index (χ3v) is 8.44. The van der Waals surface area contributed by atoms with E-state index >= 15 is 0 Å². The van der Waals surface area contributed by atoms with Crippen molar-refractivity contribution in [3.8, 4) is 5.75 Å². The van der Waals surface area contributed by atoms with Crippen LogP contribution in [0.5, 0.6) is 5.75 Å². The van der Waals surface area contributed by atoms with Gasteiger partial charge in [-0.2, -0.15) is 0 Å². The fourth-order valence-corrected chi connectivity index (χ4v) is 6.33. The summed E-state index contributed by atoms with van der Waals surface area (Å²) in [5, 5.41) is 10.3. The standard InChI is InChI=1S/C27H37N3O2.ClH/c1-4-30(5-2)26(32)25-18(3)23-14-21-17-29(16-19-9-10-19)12-11-27(21,15-24(23)28-25)20-7-6-8-22(31)13-20;/h6-8,13,19,21,28,31H,4-5,9-12,14-17H2,1-3H3;1H/t21-,27+;/m1./s1. The second-order valence-electron chi connectivity index (χ2n) is 10.3. The highest BCUT2D eigenvalue weighted by Crippen LogP contribution is 2.49. The quantitative estimate of drug-likeness (QED) is 0.641. The first-order chi connectivity index (χ1) is 15.4. The summed E-state index contributed by atoms with van der Waals surface area (Å²) < 4.78 is 0. The number of halogens is 1. The van der Waals surface area contributed by atoms with Crippen molar-refractivity contribution < 1.29 is 9.90 Å². The number of fused-ring (bicyclic) bond motifs is 2. The van der Waals surface area contributed by atoms with E-state index in [1.165, 1.54) is 36.2 Å². The summed E-state index contributed by atoms with van der Waals surface area (Å²) in [7, 11) is 0. The van der Waals surface area contributed by atoms with Gasteiger partial charge >= 0.3 is 0 Å². The van der Waals surface area contributed by atoms with Gasteiger partial charge in [0, 0.05) is 37.3 Å². The second kappa shape index (κ2) is 9.34. The first-order valence-corrected chi connectivity index (χ1v) is 12.5. The number of rotatable bonds is 6. The Bertz CT molecular complexity index is 1010. The molecule has 1 amide bonds. The molecule has 3 aliphatic rings. The van der Waals surface area contributed by atoms with E-state index in [1.54, 1.807) is 6.07 Å². The van der Waals surface area contributed by atoms with Crippen molar-refractivity contribution in [1.29, 1.82) is 0 Å². The molecule has 2 heterocycles. The fraction of sp³-hybridized carbons (Fsp3) is 0.593. The lowest BCUT2D eigenvalue weighted by molar-refractivity contribution is 0.0764. The topological polar surface area (TPSA) is 59.6 Å². The van der Waals surface area contributed by atoms with E-state index in [4.69, 9.17) is 0 Å². The summed E-state index contributed by atoms with van der Waals surface area (Å²) in [5.74, 6) is 1.86. The van der Waals surface area contributed by atoms with Crippen LogP contribution < -0.4 is 0 Å². The molecule has 5 rings (SSSR count). The van der Waals surface area contributed by atoms with Crippen LogP contribution in [-0.2, 0) is 18.3 Å². The molecule has 2 aromatic rings. The number of H-pyrrole nitrogens is 1. The Morgan fingerprint density at radius 2 is 2.03 bits per heavy atom. The maximum absolute atomic E-state index is 13.2. The molecule has 0 radical (unpaired) electrons. The Hall–Kier alpha value is -1.98. The van der Waals surface area contributed by atoms with Gasteiger partial charge in [-0.1, -0.05) is 12.1 Å². The lowest BCUT2D eigenvalue weighted by atomic mass is 9.58. The van der Waals surface area contributed by atoms with E-state index in [2.05, 4.69) is 22.9 Å². The van der Waals surface area contributed by atoms with Crippen molar-refractivity contribution in [2.75, 3.05) is 32.7 Å². The van der Waals surface area contributed by atoms with Gasteiger partial charge in [0.05, 0.1) is 0 Å². The largest absolute Gasteiger partial charge is 0.508 e. The molecule has 0 bridgehead atoms. The van der Waals surface area contributed by atoms with Crippen molar-refractivity contribution in [3.63, 3.8) is 0 Å². The molecular formula is C27H38ClN3O2. The number of phenols is 1. The maximum atomic E-state index is 13.2. The number of hydrogen-bond acceptors (Lipinski definition) is 3. The number of nitrogens with one attached hydrogen (secondary N) is 1. The number of nitrogens with zero attached hydrogens (tertiary/aromatic N) is 2. The van der Waals surface area contributed by atoms with Gasteiger partial charge in [0.25, 0.3) is 5.91 Å². The smallest absolute Gasteiger partial charge is 0.270 e. The number of aromatic amines is 1. The maximum Gasteiger partial charge on any atom is 0.270 e. The minimum atomic E-state index is 0. The lowest BCUT2D eigenvalue weighted by Gasteiger charge is -2.51. The van der Waals surface area contributed by atoms with Crippen LogP contribution in [-0.4, -0.2) is 58.5 Å². The highest BCUT2D eigenvalue weighted by atomic mass is 35.5. The van der Waals surface area contributed by atoms with E-state index in [0.29, 0.717) is 11.7 Å². The van der Waals surface area contributed by atoms with Gasteiger partial charge in [0.2, 0.25) is 0 Å². The number of hydrogen-bond donors (Lipinski definition) is 2. The van der Waals surface area contributed by atoms with Crippen LogP contribution in [0.15, 0.2) is 24.3 Å². The zero-order valence-electron chi connectivity index (χ0n) is 20.2. The van der Waals surface area contributed by atoms with Gasteiger partial charge in [0.15, 0.2) is 0 Å². The van der Waals surface area contributed by atoms with Gasteiger partial charge in [-0.15, -0.1) is 12.4 Å². The van der Waals surface area contributed by atoms with Gasteiger partial charge in [-0.25, -0.2) is 0 Å².